The molecule has 0 radical (unpaired) electrons. The fourth-order valence-electron chi connectivity index (χ4n) is 1.42. The van der Waals surface area contributed by atoms with Crippen LogP contribution in [0, 0.1) is 0 Å². The first-order chi connectivity index (χ1) is 9.36. The molecule has 3 N–H and O–H groups in total. The highest BCUT2D eigenvalue weighted by Crippen LogP contribution is 2.23. The third-order valence-corrected chi connectivity index (χ3v) is 2.69. The minimum absolute atomic E-state index is 0.0975. The zero-order valence-electron chi connectivity index (χ0n) is 11.9. The van der Waals surface area contributed by atoms with E-state index in [1.807, 2.05) is 13.0 Å². The summed E-state index contributed by atoms with van der Waals surface area (Å²) in [5.41, 5.74) is -0.592. The van der Waals surface area contributed by atoms with Gasteiger partial charge in [0.2, 0.25) is 5.91 Å². The van der Waals surface area contributed by atoms with Gasteiger partial charge in [0.1, 0.15) is 11.3 Å². The van der Waals surface area contributed by atoms with E-state index in [2.05, 4.69) is 10.6 Å². The van der Waals surface area contributed by atoms with Gasteiger partial charge >= 0.3 is 5.97 Å². The molecular formula is C14H20N2O4. The summed E-state index contributed by atoms with van der Waals surface area (Å²) in [6.45, 7) is 5.25. The summed E-state index contributed by atoms with van der Waals surface area (Å²) in [5, 5.41) is 14.3. The third kappa shape index (κ3) is 4.55. The second kappa shape index (κ2) is 6.91. The van der Waals surface area contributed by atoms with Crippen LogP contribution in [0.2, 0.25) is 0 Å². The second-order valence-corrected chi connectivity index (χ2v) is 4.76. The summed E-state index contributed by atoms with van der Waals surface area (Å²) < 4.78 is 5.39. The smallest absolute Gasteiger partial charge is 0.323 e. The van der Waals surface area contributed by atoms with Crippen molar-refractivity contribution in [2.45, 2.75) is 26.3 Å². The minimum Gasteiger partial charge on any atom is -0.492 e. The molecule has 0 fully saturated rings. The van der Waals surface area contributed by atoms with E-state index in [-0.39, 0.29) is 12.5 Å². The quantitative estimate of drug-likeness (QED) is 0.704. The number of carboxylic acid groups (broad SMARTS) is 1. The SMILES string of the molecule is CCOc1ccccc1NC(=O)CNC(C)(C)C(=O)O. The van der Waals surface area contributed by atoms with E-state index in [9.17, 15) is 9.59 Å². The van der Waals surface area contributed by atoms with Crippen LogP contribution in [-0.4, -0.2) is 35.7 Å². The molecule has 1 aromatic carbocycles. The van der Waals surface area contributed by atoms with Gasteiger partial charge in [-0.2, -0.15) is 0 Å². The number of anilines is 1. The van der Waals surface area contributed by atoms with Crippen LogP contribution in [0.25, 0.3) is 0 Å². The van der Waals surface area contributed by atoms with Gasteiger partial charge in [-0.15, -0.1) is 0 Å². The van der Waals surface area contributed by atoms with E-state index in [0.717, 1.165) is 0 Å². The van der Waals surface area contributed by atoms with Crippen molar-refractivity contribution in [1.29, 1.82) is 0 Å². The van der Waals surface area contributed by atoms with Crippen molar-refractivity contribution < 1.29 is 19.4 Å². The first-order valence-electron chi connectivity index (χ1n) is 6.37. The zero-order valence-corrected chi connectivity index (χ0v) is 11.9. The Bertz CT molecular complexity index is 486. The van der Waals surface area contributed by atoms with Gasteiger partial charge in [0.25, 0.3) is 0 Å². The molecule has 0 aliphatic heterocycles. The van der Waals surface area contributed by atoms with Gasteiger partial charge in [-0.1, -0.05) is 12.1 Å². The molecule has 0 aliphatic carbocycles. The number of carboxylic acids is 1. The highest BCUT2D eigenvalue weighted by molar-refractivity contribution is 5.94. The van der Waals surface area contributed by atoms with Crippen LogP contribution in [0.15, 0.2) is 24.3 Å². The molecular weight excluding hydrogens is 260 g/mol. The Kier molecular flexibility index (Phi) is 5.52. The summed E-state index contributed by atoms with van der Waals surface area (Å²) >= 11 is 0. The standard InChI is InChI=1S/C14H20N2O4/c1-4-20-11-8-6-5-7-10(11)16-12(17)9-15-14(2,3)13(18)19/h5-8,15H,4,9H2,1-3H3,(H,16,17)(H,18,19). The molecule has 6 heteroatoms. The van der Waals surface area contributed by atoms with E-state index in [1.165, 1.54) is 13.8 Å². The zero-order chi connectivity index (χ0) is 15.2. The molecule has 6 nitrogen and oxygen atoms in total. The monoisotopic (exact) mass is 280 g/mol. The van der Waals surface area contributed by atoms with E-state index in [0.29, 0.717) is 18.0 Å². The minimum atomic E-state index is -1.16. The van der Waals surface area contributed by atoms with Crippen LogP contribution in [0.5, 0.6) is 5.75 Å². The lowest BCUT2D eigenvalue weighted by molar-refractivity contribution is -0.143. The molecule has 0 saturated carbocycles. The number of ether oxygens (including phenoxy) is 1. The van der Waals surface area contributed by atoms with Crippen LogP contribution in [0.1, 0.15) is 20.8 Å². The number of nitrogens with one attached hydrogen (secondary N) is 2. The predicted octanol–water partition coefficient (Wildman–Crippen LogP) is 1.48. The van der Waals surface area contributed by atoms with E-state index in [1.54, 1.807) is 18.2 Å². The number of para-hydroxylation sites is 2. The second-order valence-electron chi connectivity index (χ2n) is 4.76. The van der Waals surface area contributed by atoms with Gasteiger partial charge in [0.15, 0.2) is 0 Å². The van der Waals surface area contributed by atoms with Gasteiger partial charge in [-0.05, 0) is 32.9 Å². The van der Waals surface area contributed by atoms with E-state index in [4.69, 9.17) is 9.84 Å². The first-order valence-corrected chi connectivity index (χ1v) is 6.37. The fraction of sp³-hybridized carbons (Fsp3) is 0.429. The molecule has 0 spiro atoms. The number of carbonyl (C=O) groups is 2. The first kappa shape index (κ1) is 16.0. The predicted molar refractivity (Wildman–Crippen MR) is 76.0 cm³/mol. The van der Waals surface area contributed by atoms with Gasteiger partial charge in [-0.3, -0.25) is 14.9 Å². The van der Waals surface area contributed by atoms with Crippen molar-refractivity contribution in [3.05, 3.63) is 24.3 Å². The fourth-order valence-corrected chi connectivity index (χ4v) is 1.42. The normalized spacial score (nSPS) is 10.9. The van der Waals surface area contributed by atoms with Gasteiger partial charge in [0.05, 0.1) is 18.8 Å². The summed E-state index contributed by atoms with van der Waals surface area (Å²) in [7, 11) is 0. The number of hydrogen-bond acceptors (Lipinski definition) is 4. The van der Waals surface area contributed by atoms with Crippen molar-refractivity contribution in [3.63, 3.8) is 0 Å². The van der Waals surface area contributed by atoms with Gasteiger partial charge in [0, 0.05) is 0 Å². The Hall–Kier alpha value is -2.08. The molecule has 0 heterocycles. The Labute approximate surface area is 118 Å². The van der Waals surface area contributed by atoms with E-state index >= 15 is 0 Å². The Morgan fingerprint density at radius 3 is 2.55 bits per heavy atom. The van der Waals surface area contributed by atoms with Crippen LogP contribution < -0.4 is 15.4 Å². The molecule has 0 aliphatic rings. The lowest BCUT2D eigenvalue weighted by atomic mass is 10.1. The lowest BCUT2D eigenvalue weighted by Crippen LogP contribution is -2.49. The van der Waals surface area contributed by atoms with Crippen LogP contribution in [0.4, 0.5) is 5.69 Å². The van der Waals surface area contributed by atoms with Crippen molar-refractivity contribution in [3.8, 4) is 5.75 Å². The van der Waals surface area contributed by atoms with Crippen LogP contribution >= 0.6 is 0 Å². The molecule has 0 saturated heterocycles. The van der Waals surface area contributed by atoms with E-state index < -0.39 is 11.5 Å². The highest BCUT2D eigenvalue weighted by Gasteiger charge is 2.26. The summed E-state index contributed by atoms with van der Waals surface area (Å²) in [4.78, 5) is 22.7. The number of amides is 1. The third-order valence-electron chi connectivity index (χ3n) is 2.69. The van der Waals surface area contributed by atoms with Crippen molar-refractivity contribution >= 4 is 17.6 Å². The maximum absolute atomic E-state index is 11.8. The Balaban J connectivity index is 2.61. The highest BCUT2D eigenvalue weighted by atomic mass is 16.5. The molecule has 20 heavy (non-hydrogen) atoms. The van der Waals surface area contributed by atoms with Crippen molar-refractivity contribution in [2.24, 2.45) is 0 Å². The molecule has 0 atom stereocenters. The van der Waals surface area contributed by atoms with Gasteiger partial charge < -0.3 is 15.2 Å². The summed E-state index contributed by atoms with van der Waals surface area (Å²) in [5.74, 6) is -0.757. The molecule has 1 aromatic rings. The topological polar surface area (TPSA) is 87.7 Å². The Morgan fingerprint density at radius 2 is 1.95 bits per heavy atom. The molecule has 110 valence electrons. The number of hydrogen-bond donors (Lipinski definition) is 3. The maximum Gasteiger partial charge on any atom is 0.323 e. The molecule has 0 aromatic heterocycles. The molecule has 0 bridgehead atoms. The molecule has 0 unspecified atom stereocenters. The number of carbonyl (C=O) groups excluding carboxylic acids is 1. The summed E-state index contributed by atoms with van der Waals surface area (Å²) in [6.07, 6.45) is 0. The average molecular weight is 280 g/mol. The van der Waals surface area contributed by atoms with Crippen LogP contribution in [-0.2, 0) is 9.59 Å². The number of aliphatic carboxylic acids is 1. The van der Waals surface area contributed by atoms with Gasteiger partial charge in [-0.25, -0.2) is 0 Å². The summed E-state index contributed by atoms with van der Waals surface area (Å²) in [6, 6.07) is 7.08. The van der Waals surface area contributed by atoms with Crippen molar-refractivity contribution in [1.82, 2.24) is 5.32 Å². The Morgan fingerprint density at radius 1 is 1.30 bits per heavy atom. The van der Waals surface area contributed by atoms with Crippen molar-refractivity contribution in [2.75, 3.05) is 18.5 Å². The van der Waals surface area contributed by atoms with Crippen LogP contribution in [0.3, 0.4) is 0 Å². The lowest BCUT2D eigenvalue weighted by Gasteiger charge is -2.20. The maximum atomic E-state index is 11.8. The number of rotatable bonds is 7. The largest absolute Gasteiger partial charge is 0.492 e. The number of benzene rings is 1. The molecule has 1 rings (SSSR count). The molecule has 1 amide bonds. The average Bonchev–Trinajstić information content (AvgIpc) is 2.39.